The molecule has 0 bridgehead atoms. The Labute approximate surface area is 175 Å². The van der Waals surface area contributed by atoms with Crippen molar-refractivity contribution < 1.29 is 0 Å². The van der Waals surface area contributed by atoms with Gasteiger partial charge in [-0.2, -0.15) is 0 Å². The van der Waals surface area contributed by atoms with Gasteiger partial charge in [0.1, 0.15) is 0 Å². The number of nitrogens with zero attached hydrogens (tertiary/aromatic N) is 6. The summed E-state index contributed by atoms with van der Waals surface area (Å²) in [6, 6.07) is 1.86. The van der Waals surface area contributed by atoms with E-state index in [0.717, 1.165) is 64.1 Å². The zero-order valence-electron chi connectivity index (χ0n) is 16.4. The zero-order valence-corrected chi connectivity index (χ0v) is 18.7. The molecule has 1 aliphatic heterocycles. The molecular weight excluding hydrogens is 441 g/mol. The lowest BCUT2D eigenvalue weighted by Gasteiger charge is -2.34. The summed E-state index contributed by atoms with van der Waals surface area (Å²) in [7, 11) is 3.96. The lowest BCUT2D eigenvalue weighted by Crippen LogP contribution is -2.47. The number of guanidine groups is 1. The van der Waals surface area contributed by atoms with Crippen molar-refractivity contribution in [2.24, 2.45) is 4.99 Å². The van der Waals surface area contributed by atoms with Gasteiger partial charge in [0.05, 0.1) is 0 Å². The van der Waals surface area contributed by atoms with Crippen molar-refractivity contribution in [3.63, 3.8) is 0 Å². The van der Waals surface area contributed by atoms with E-state index in [4.69, 9.17) is 0 Å². The average Bonchev–Trinajstić information content (AvgIpc) is 2.67. The minimum Gasteiger partial charge on any atom is -0.356 e. The van der Waals surface area contributed by atoms with Crippen molar-refractivity contribution >= 4 is 35.9 Å². The third-order valence-corrected chi connectivity index (χ3v) is 4.56. The number of hydrogen-bond acceptors (Lipinski definition) is 5. The normalized spacial score (nSPS) is 15.5. The van der Waals surface area contributed by atoms with Crippen LogP contribution >= 0.6 is 24.0 Å². The summed E-state index contributed by atoms with van der Waals surface area (Å²) in [6.45, 7) is 9.50. The Kier molecular flexibility index (Phi) is 11.5. The van der Waals surface area contributed by atoms with Gasteiger partial charge in [0, 0.05) is 65.8 Å². The number of unbranched alkanes of at least 4 members (excludes halogenated alkanes) is 1. The first-order chi connectivity index (χ1) is 12.2. The highest BCUT2D eigenvalue weighted by Crippen LogP contribution is 2.09. The van der Waals surface area contributed by atoms with Crippen molar-refractivity contribution in [2.75, 3.05) is 64.8 Å². The standard InChI is InChI=1S/C18H33N7.HI/c1-4-5-11-23(3)17(19-2)20-10-7-12-24-13-15-25(16-14-24)18-21-8-6-9-22-18;/h6,8-9H,4-5,7,10-16H2,1-3H3,(H,19,20);1H. The summed E-state index contributed by atoms with van der Waals surface area (Å²) in [5, 5.41) is 3.47. The van der Waals surface area contributed by atoms with Gasteiger partial charge in [-0.05, 0) is 25.5 Å². The maximum Gasteiger partial charge on any atom is 0.225 e. The molecule has 1 fully saturated rings. The van der Waals surface area contributed by atoms with Crippen LogP contribution in [0.2, 0.25) is 0 Å². The first kappa shape index (κ1) is 22.9. The van der Waals surface area contributed by atoms with Gasteiger partial charge in [0.15, 0.2) is 5.96 Å². The molecule has 8 heteroatoms. The Morgan fingerprint density at radius 1 is 1.19 bits per heavy atom. The van der Waals surface area contributed by atoms with Gasteiger partial charge < -0.3 is 15.1 Å². The molecule has 0 radical (unpaired) electrons. The summed E-state index contributed by atoms with van der Waals surface area (Å²) in [6.07, 6.45) is 7.16. The number of piperazine rings is 1. The molecule has 1 aromatic rings. The molecule has 7 nitrogen and oxygen atoms in total. The largest absolute Gasteiger partial charge is 0.356 e. The second kappa shape index (κ2) is 13.1. The number of aliphatic imine (C=N–C) groups is 1. The minimum absolute atomic E-state index is 0. The molecule has 0 atom stereocenters. The predicted molar refractivity (Wildman–Crippen MR) is 120 cm³/mol. The molecule has 0 spiro atoms. The van der Waals surface area contributed by atoms with E-state index in [1.807, 2.05) is 25.5 Å². The van der Waals surface area contributed by atoms with Gasteiger partial charge in [-0.25, -0.2) is 9.97 Å². The van der Waals surface area contributed by atoms with Crippen LogP contribution in [0.25, 0.3) is 0 Å². The van der Waals surface area contributed by atoms with E-state index in [-0.39, 0.29) is 24.0 Å². The Balaban J connectivity index is 0.00000338. The number of halogens is 1. The number of rotatable bonds is 8. The second-order valence-electron chi connectivity index (χ2n) is 6.48. The topological polar surface area (TPSA) is 59.9 Å². The third-order valence-electron chi connectivity index (χ3n) is 4.56. The van der Waals surface area contributed by atoms with Crippen LogP contribution in [0.5, 0.6) is 0 Å². The van der Waals surface area contributed by atoms with Crippen LogP contribution in [-0.4, -0.2) is 85.6 Å². The summed E-state index contributed by atoms with van der Waals surface area (Å²) < 4.78 is 0. The Morgan fingerprint density at radius 2 is 1.88 bits per heavy atom. The highest BCUT2D eigenvalue weighted by atomic mass is 127. The maximum absolute atomic E-state index is 4.37. The van der Waals surface area contributed by atoms with Crippen LogP contribution in [-0.2, 0) is 0 Å². The van der Waals surface area contributed by atoms with E-state index in [1.54, 1.807) is 0 Å². The molecule has 0 aromatic carbocycles. The van der Waals surface area contributed by atoms with Crippen LogP contribution in [0, 0.1) is 0 Å². The molecule has 2 heterocycles. The van der Waals surface area contributed by atoms with Crippen molar-refractivity contribution in [3.8, 4) is 0 Å². The predicted octanol–water partition coefficient (Wildman–Crippen LogP) is 1.91. The van der Waals surface area contributed by atoms with Crippen LogP contribution < -0.4 is 10.2 Å². The van der Waals surface area contributed by atoms with Gasteiger partial charge in [-0.15, -0.1) is 24.0 Å². The maximum atomic E-state index is 4.37. The fourth-order valence-electron chi connectivity index (χ4n) is 3.01. The van der Waals surface area contributed by atoms with Crippen molar-refractivity contribution in [1.82, 2.24) is 25.1 Å². The average molecular weight is 475 g/mol. The summed E-state index contributed by atoms with van der Waals surface area (Å²) in [4.78, 5) is 20.0. The van der Waals surface area contributed by atoms with Gasteiger partial charge in [0.25, 0.3) is 0 Å². The fraction of sp³-hybridized carbons (Fsp3) is 0.722. The van der Waals surface area contributed by atoms with Gasteiger partial charge in [-0.1, -0.05) is 13.3 Å². The quantitative estimate of drug-likeness (QED) is 0.268. The lowest BCUT2D eigenvalue weighted by atomic mass is 10.3. The number of hydrogen-bond donors (Lipinski definition) is 1. The number of aromatic nitrogens is 2. The SMILES string of the molecule is CCCCN(C)C(=NC)NCCCN1CCN(c2ncccn2)CC1.I. The van der Waals surface area contributed by atoms with Crippen LogP contribution in [0.4, 0.5) is 5.95 Å². The summed E-state index contributed by atoms with van der Waals surface area (Å²) in [5.41, 5.74) is 0. The van der Waals surface area contributed by atoms with Crippen molar-refractivity contribution in [2.45, 2.75) is 26.2 Å². The van der Waals surface area contributed by atoms with E-state index in [9.17, 15) is 0 Å². The van der Waals surface area contributed by atoms with E-state index in [0.29, 0.717) is 0 Å². The van der Waals surface area contributed by atoms with Gasteiger partial charge in [-0.3, -0.25) is 9.89 Å². The van der Waals surface area contributed by atoms with E-state index < -0.39 is 0 Å². The minimum atomic E-state index is 0. The summed E-state index contributed by atoms with van der Waals surface area (Å²) >= 11 is 0. The number of anilines is 1. The Bertz CT molecular complexity index is 504. The molecule has 2 rings (SSSR count). The third kappa shape index (κ3) is 7.61. The van der Waals surface area contributed by atoms with Crippen LogP contribution in [0.15, 0.2) is 23.5 Å². The number of nitrogens with one attached hydrogen (secondary N) is 1. The van der Waals surface area contributed by atoms with E-state index in [2.05, 4.69) is 48.9 Å². The van der Waals surface area contributed by atoms with Crippen molar-refractivity contribution in [1.29, 1.82) is 0 Å². The highest BCUT2D eigenvalue weighted by Gasteiger charge is 2.18. The Morgan fingerprint density at radius 3 is 2.50 bits per heavy atom. The van der Waals surface area contributed by atoms with E-state index in [1.165, 1.54) is 12.8 Å². The molecule has 1 saturated heterocycles. The monoisotopic (exact) mass is 475 g/mol. The molecule has 0 unspecified atom stereocenters. The molecule has 1 aromatic heterocycles. The molecule has 0 aliphatic carbocycles. The molecule has 26 heavy (non-hydrogen) atoms. The molecule has 1 N–H and O–H groups in total. The fourth-order valence-corrected chi connectivity index (χ4v) is 3.01. The zero-order chi connectivity index (χ0) is 17.9. The Hall–Kier alpha value is -1.16. The first-order valence-electron chi connectivity index (χ1n) is 9.40. The van der Waals surface area contributed by atoms with Crippen LogP contribution in [0.3, 0.4) is 0 Å². The summed E-state index contributed by atoms with van der Waals surface area (Å²) in [5.74, 6) is 1.85. The van der Waals surface area contributed by atoms with Crippen molar-refractivity contribution in [3.05, 3.63) is 18.5 Å². The molecule has 1 aliphatic rings. The highest BCUT2D eigenvalue weighted by molar-refractivity contribution is 14.0. The second-order valence-corrected chi connectivity index (χ2v) is 6.48. The molecular formula is C18H34IN7. The van der Waals surface area contributed by atoms with Gasteiger partial charge in [0.2, 0.25) is 5.95 Å². The molecule has 0 amide bonds. The lowest BCUT2D eigenvalue weighted by molar-refractivity contribution is 0.254. The molecule has 0 saturated carbocycles. The van der Waals surface area contributed by atoms with Crippen LogP contribution in [0.1, 0.15) is 26.2 Å². The smallest absolute Gasteiger partial charge is 0.225 e. The first-order valence-corrected chi connectivity index (χ1v) is 9.40. The van der Waals surface area contributed by atoms with E-state index >= 15 is 0 Å². The van der Waals surface area contributed by atoms with Gasteiger partial charge >= 0.3 is 0 Å². The molecule has 148 valence electrons.